The third-order valence-electron chi connectivity index (χ3n) is 6.54. The van der Waals surface area contributed by atoms with Crippen LogP contribution in [0.25, 0.3) is 10.8 Å². The monoisotopic (exact) mass is 719 g/mol. The first kappa shape index (κ1) is 33.7. The molecule has 5 aromatic rings. The third kappa shape index (κ3) is 7.36. The number of para-hydroxylation sites is 1. The van der Waals surface area contributed by atoms with Crippen LogP contribution in [-0.4, -0.2) is 61.8 Å². The Kier molecular flexibility index (Phi) is 9.24. The maximum atomic E-state index is 12.4. The molecule has 0 aliphatic carbocycles. The molecule has 0 bridgehead atoms. The predicted molar refractivity (Wildman–Crippen MR) is 172 cm³/mol. The van der Waals surface area contributed by atoms with Gasteiger partial charge in [-0.3, -0.25) is 9.11 Å². The predicted octanol–water partition coefficient (Wildman–Crippen LogP) is 5.69. The van der Waals surface area contributed by atoms with Crippen molar-refractivity contribution in [2.24, 2.45) is 10.2 Å². The molecule has 0 spiro atoms. The van der Waals surface area contributed by atoms with Crippen LogP contribution in [-0.2, 0) is 31.3 Å². The number of phenols is 1. The number of aromatic nitrogens is 3. The fraction of sp³-hybridized carbons (Fsp3) is 0.0741. The number of benzene rings is 4. The molecule has 0 aliphatic rings. The zero-order valence-corrected chi connectivity index (χ0v) is 27.2. The van der Waals surface area contributed by atoms with E-state index in [-0.39, 0.29) is 38.5 Å². The van der Waals surface area contributed by atoms with Crippen molar-refractivity contribution in [1.29, 1.82) is 0 Å². The van der Waals surface area contributed by atoms with Crippen molar-refractivity contribution in [3.05, 3.63) is 77.6 Å². The maximum absolute atomic E-state index is 12.4. The van der Waals surface area contributed by atoms with Crippen molar-refractivity contribution in [3.63, 3.8) is 0 Å². The molecule has 47 heavy (non-hydrogen) atoms. The SMILES string of the molecule is Cc1ccc(N=Nc2c(S(=O)(=O)O)cc3cc(S(=O)O)cc(Nc4nc(Cl)nc(N(C)c5ccccc5)n4)c3c2O)c(S(=O)(=O)O)c1. The molecule has 0 saturated heterocycles. The fourth-order valence-corrected chi connectivity index (χ4v) is 6.37. The van der Waals surface area contributed by atoms with Gasteiger partial charge < -0.3 is 19.9 Å². The normalized spacial score (nSPS) is 12.8. The van der Waals surface area contributed by atoms with Gasteiger partial charge in [0.1, 0.15) is 21.2 Å². The largest absolute Gasteiger partial charge is 0.505 e. The van der Waals surface area contributed by atoms with Gasteiger partial charge in [-0.05, 0) is 71.9 Å². The number of halogens is 1. The van der Waals surface area contributed by atoms with Crippen molar-refractivity contribution >= 4 is 88.3 Å². The third-order valence-corrected chi connectivity index (χ3v) is 9.10. The van der Waals surface area contributed by atoms with Crippen molar-refractivity contribution in [2.45, 2.75) is 21.6 Å². The summed E-state index contributed by atoms with van der Waals surface area (Å²) in [6, 6.07) is 15.8. The van der Waals surface area contributed by atoms with E-state index in [1.54, 1.807) is 43.1 Å². The van der Waals surface area contributed by atoms with E-state index in [9.17, 15) is 39.8 Å². The summed E-state index contributed by atoms with van der Waals surface area (Å²) in [6.45, 7) is 1.55. The van der Waals surface area contributed by atoms with E-state index in [4.69, 9.17) is 11.6 Å². The molecule has 5 rings (SSSR count). The quantitative estimate of drug-likeness (QED) is 0.0698. The average molecular weight is 720 g/mol. The molecule has 1 heterocycles. The number of phenolic OH excluding ortho intramolecular Hbond substituents is 1. The summed E-state index contributed by atoms with van der Waals surface area (Å²) in [5.41, 5.74) is -0.257. The average Bonchev–Trinajstić information content (AvgIpc) is 2.99. The van der Waals surface area contributed by atoms with Crippen LogP contribution in [0.4, 0.5) is 34.6 Å². The van der Waals surface area contributed by atoms with E-state index in [1.165, 1.54) is 12.1 Å². The standard InChI is InChI=1S/C27H22ClN7O9S3/c1-14-8-9-18(20(10-14)46(39,40)41)33-34-23-21(47(42,43)44)12-15-11-17(45(37)38)13-19(22(15)24(23)36)29-26-30-25(28)31-27(32-26)35(2)16-6-4-3-5-7-16/h3-13,36H,1-2H3,(H,37,38)(H,39,40,41)(H,42,43,44)(H,29,30,31,32). The maximum Gasteiger partial charge on any atom is 0.296 e. The number of nitrogens with one attached hydrogen (secondary N) is 1. The molecule has 0 amide bonds. The summed E-state index contributed by atoms with van der Waals surface area (Å²) in [6.07, 6.45) is 0. The molecule has 16 nitrogen and oxygen atoms in total. The second-order valence-corrected chi connectivity index (χ2v) is 13.8. The molecule has 0 fully saturated rings. The Bertz CT molecular complexity index is 2330. The van der Waals surface area contributed by atoms with Gasteiger partial charge in [-0.1, -0.05) is 24.3 Å². The summed E-state index contributed by atoms with van der Waals surface area (Å²) in [7, 11) is -8.29. The van der Waals surface area contributed by atoms with Crippen LogP contribution in [0.2, 0.25) is 5.28 Å². The van der Waals surface area contributed by atoms with Gasteiger partial charge in [0.05, 0.1) is 10.6 Å². The topological polar surface area (TPSA) is 245 Å². The summed E-state index contributed by atoms with van der Waals surface area (Å²) >= 11 is 3.56. The highest BCUT2D eigenvalue weighted by atomic mass is 35.5. The molecule has 0 aliphatic heterocycles. The van der Waals surface area contributed by atoms with Crippen LogP contribution < -0.4 is 10.2 Å². The van der Waals surface area contributed by atoms with Crippen molar-refractivity contribution in [2.75, 3.05) is 17.3 Å². The summed E-state index contributed by atoms with van der Waals surface area (Å²) < 4.78 is 90.4. The number of fused-ring (bicyclic) bond motifs is 1. The minimum Gasteiger partial charge on any atom is -0.505 e. The molecule has 20 heteroatoms. The lowest BCUT2D eigenvalue weighted by Gasteiger charge is -2.18. The Morgan fingerprint density at radius 1 is 0.894 bits per heavy atom. The van der Waals surface area contributed by atoms with Crippen molar-refractivity contribution in [3.8, 4) is 5.75 Å². The van der Waals surface area contributed by atoms with E-state index in [0.717, 1.165) is 24.3 Å². The van der Waals surface area contributed by atoms with Gasteiger partial charge in [-0.15, -0.1) is 10.2 Å². The summed E-state index contributed by atoms with van der Waals surface area (Å²) in [5.74, 6) is -1.01. The number of hydrogen-bond acceptors (Lipinski definition) is 13. The highest BCUT2D eigenvalue weighted by Gasteiger charge is 2.26. The number of nitrogens with zero attached hydrogens (tertiary/aromatic N) is 6. The first-order chi connectivity index (χ1) is 22.0. The van der Waals surface area contributed by atoms with Gasteiger partial charge >= 0.3 is 0 Å². The Balaban J connectivity index is 1.72. The Morgan fingerprint density at radius 3 is 2.21 bits per heavy atom. The Hall–Kier alpha value is -4.63. The van der Waals surface area contributed by atoms with Gasteiger partial charge in [0.25, 0.3) is 20.2 Å². The van der Waals surface area contributed by atoms with Crippen LogP contribution in [0.3, 0.4) is 0 Å². The number of hydrogen-bond donors (Lipinski definition) is 5. The minimum absolute atomic E-state index is 0.0880. The lowest BCUT2D eigenvalue weighted by molar-refractivity contribution is 0.472. The molecule has 244 valence electrons. The smallest absolute Gasteiger partial charge is 0.296 e. The van der Waals surface area contributed by atoms with E-state index in [0.29, 0.717) is 11.3 Å². The van der Waals surface area contributed by atoms with Gasteiger partial charge in [0, 0.05) is 18.1 Å². The molecule has 0 saturated carbocycles. The molecule has 5 N–H and O–H groups in total. The first-order valence-electron chi connectivity index (χ1n) is 12.9. The molecular weight excluding hydrogens is 698 g/mol. The second kappa shape index (κ2) is 12.9. The lowest BCUT2D eigenvalue weighted by atomic mass is 10.1. The van der Waals surface area contributed by atoms with E-state index < -0.39 is 58.2 Å². The van der Waals surface area contributed by atoms with Crippen LogP contribution in [0.1, 0.15) is 5.56 Å². The highest BCUT2D eigenvalue weighted by molar-refractivity contribution is 7.86. The second-order valence-electron chi connectivity index (χ2n) is 9.76. The van der Waals surface area contributed by atoms with Crippen molar-refractivity contribution < 1.29 is 39.8 Å². The van der Waals surface area contributed by atoms with Crippen molar-refractivity contribution in [1.82, 2.24) is 15.0 Å². The van der Waals surface area contributed by atoms with Crippen LogP contribution in [0.5, 0.6) is 5.75 Å². The van der Waals surface area contributed by atoms with Gasteiger partial charge in [0.2, 0.25) is 17.2 Å². The van der Waals surface area contributed by atoms with Crippen LogP contribution in [0.15, 0.2) is 91.6 Å². The highest BCUT2D eigenvalue weighted by Crippen LogP contribution is 2.46. The fourth-order valence-electron chi connectivity index (χ4n) is 4.40. The lowest BCUT2D eigenvalue weighted by Crippen LogP contribution is -2.14. The zero-order chi connectivity index (χ0) is 34.3. The number of rotatable bonds is 9. The van der Waals surface area contributed by atoms with Gasteiger partial charge in [-0.2, -0.15) is 31.8 Å². The molecule has 1 aromatic heterocycles. The van der Waals surface area contributed by atoms with Crippen LogP contribution in [0, 0.1) is 6.92 Å². The number of azo groups is 1. The minimum atomic E-state index is -5.15. The zero-order valence-electron chi connectivity index (χ0n) is 24.0. The number of aromatic hydroxyl groups is 1. The number of anilines is 4. The van der Waals surface area contributed by atoms with E-state index in [1.807, 2.05) is 6.07 Å². The van der Waals surface area contributed by atoms with E-state index >= 15 is 0 Å². The molecule has 1 atom stereocenters. The Labute approximate surface area is 274 Å². The number of aryl methyl sites for hydroxylation is 1. The molecule has 1 unspecified atom stereocenters. The Morgan fingerprint density at radius 2 is 1.57 bits per heavy atom. The van der Waals surface area contributed by atoms with Crippen LogP contribution >= 0.6 is 11.6 Å². The van der Waals surface area contributed by atoms with E-state index in [2.05, 4.69) is 30.5 Å². The van der Waals surface area contributed by atoms with Gasteiger partial charge in [-0.25, -0.2) is 4.21 Å². The molecular formula is C27H22ClN7O9S3. The van der Waals surface area contributed by atoms with Gasteiger partial charge in [0.15, 0.2) is 16.8 Å². The first-order valence-corrected chi connectivity index (χ1v) is 17.3. The summed E-state index contributed by atoms with van der Waals surface area (Å²) in [5, 5.41) is 21.1. The summed E-state index contributed by atoms with van der Waals surface area (Å²) in [4.78, 5) is 12.2. The molecule has 4 aromatic carbocycles. The molecule has 0 radical (unpaired) electrons.